The van der Waals surface area contributed by atoms with Crippen molar-refractivity contribution < 1.29 is 0 Å². The molecular weight excluding hydrogens is 246 g/mol. The van der Waals surface area contributed by atoms with Gasteiger partial charge in [-0.3, -0.25) is 4.99 Å². The molecule has 1 aromatic carbocycles. The van der Waals surface area contributed by atoms with Crippen LogP contribution in [-0.4, -0.2) is 23.4 Å². The number of hydrogen-bond donors (Lipinski definition) is 1. The maximum Gasteiger partial charge on any atom is 0.192 e. The summed E-state index contributed by atoms with van der Waals surface area (Å²) in [5.41, 5.74) is 8.82. The number of nitrogens with zero attached hydrogens (tertiary/aromatic N) is 2. The number of benzene rings is 1. The first kappa shape index (κ1) is 14.9. The van der Waals surface area contributed by atoms with Crippen molar-refractivity contribution in [2.45, 2.75) is 58.5 Å². The summed E-state index contributed by atoms with van der Waals surface area (Å²) in [6.45, 7) is 9.63. The van der Waals surface area contributed by atoms with Gasteiger partial charge in [-0.05, 0) is 37.3 Å². The minimum Gasteiger partial charge on any atom is -0.370 e. The summed E-state index contributed by atoms with van der Waals surface area (Å²) < 4.78 is 0. The predicted octanol–water partition coefficient (Wildman–Crippen LogP) is 3.28. The zero-order chi connectivity index (χ0) is 14.8. The van der Waals surface area contributed by atoms with Crippen LogP contribution in [-0.2, 0) is 12.0 Å². The minimum atomic E-state index is -0.0637. The number of nitrogens with two attached hydrogens (primary N) is 1. The van der Waals surface area contributed by atoms with Gasteiger partial charge in [0.1, 0.15) is 0 Å². The Morgan fingerprint density at radius 1 is 1.25 bits per heavy atom. The third-order valence-electron chi connectivity index (χ3n) is 4.73. The lowest BCUT2D eigenvalue weighted by Gasteiger charge is -2.42. The summed E-state index contributed by atoms with van der Waals surface area (Å²) in [6, 6.07) is 9.39. The Morgan fingerprint density at radius 2 is 1.90 bits per heavy atom. The van der Waals surface area contributed by atoms with E-state index in [9.17, 15) is 0 Å². The third-order valence-corrected chi connectivity index (χ3v) is 4.73. The predicted molar refractivity (Wildman–Crippen MR) is 85.9 cm³/mol. The van der Waals surface area contributed by atoms with Crippen molar-refractivity contribution in [3.63, 3.8) is 0 Å². The molecule has 3 nitrogen and oxygen atoms in total. The number of hydrogen-bond acceptors (Lipinski definition) is 3. The molecule has 2 N–H and O–H groups in total. The molecule has 110 valence electrons. The van der Waals surface area contributed by atoms with E-state index in [0.717, 1.165) is 25.8 Å². The van der Waals surface area contributed by atoms with Gasteiger partial charge in [0.15, 0.2) is 5.96 Å². The van der Waals surface area contributed by atoms with Crippen LogP contribution in [0.4, 0.5) is 0 Å². The summed E-state index contributed by atoms with van der Waals surface area (Å²) in [6.07, 6.45) is 3.17. The van der Waals surface area contributed by atoms with Crippen LogP contribution in [0.3, 0.4) is 0 Å². The molecule has 3 heteroatoms. The zero-order valence-corrected chi connectivity index (χ0v) is 13.2. The van der Waals surface area contributed by atoms with Crippen LogP contribution >= 0.6 is 0 Å². The van der Waals surface area contributed by atoms with E-state index in [2.05, 4.69) is 61.9 Å². The van der Waals surface area contributed by atoms with Gasteiger partial charge in [0.2, 0.25) is 0 Å². The quantitative estimate of drug-likeness (QED) is 0.894. The van der Waals surface area contributed by atoms with Crippen LogP contribution < -0.4 is 5.73 Å². The standard InChI is InChI=1S/C17H27N3/c1-5-13(4)20-16(18)19-12-17(20,7-3)15-10-8-14(6-2)9-11-15/h8-11,13H,5-7,12H2,1-4H3,(H2,18,19). The van der Waals surface area contributed by atoms with Crippen LogP contribution in [0.15, 0.2) is 29.3 Å². The highest BCUT2D eigenvalue weighted by Crippen LogP contribution is 2.38. The summed E-state index contributed by atoms with van der Waals surface area (Å²) in [4.78, 5) is 6.88. The van der Waals surface area contributed by atoms with Gasteiger partial charge in [-0.15, -0.1) is 0 Å². The van der Waals surface area contributed by atoms with E-state index >= 15 is 0 Å². The Morgan fingerprint density at radius 3 is 2.40 bits per heavy atom. The van der Waals surface area contributed by atoms with Crippen molar-refractivity contribution >= 4 is 5.96 Å². The van der Waals surface area contributed by atoms with E-state index in [0.29, 0.717) is 12.0 Å². The Hall–Kier alpha value is -1.51. The van der Waals surface area contributed by atoms with Crippen LogP contribution in [0, 0.1) is 0 Å². The first-order valence-electron chi connectivity index (χ1n) is 7.77. The number of aryl methyl sites for hydroxylation is 1. The molecule has 0 aliphatic carbocycles. The molecule has 20 heavy (non-hydrogen) atoms. The van der Waals surface area contributed by atoms with E-state index in [1.807, 2.05) is 0 Å². The second-order valence-corrected chi connectivity index (χ2v) is 5.74. The lowest BCUT2D eigenvalue weighted by Crippen LogP contribution is -2.53. The molecule has 0 bridgehead atoms. The average Bonchev–Trinajstić information content (AvgIpc) is 2.84. The molecule has 0 fully saturated rings. The zero-order valence-electron chi connectivity index (χ0n) is 13.2. The minimum absolute atomic E-state index is 0.0637. The molecule has 0 amide bonds. The molecule has 0 spiro atoms. The largest absolute Gasteiger partial charge is 0.370 e. The molecule has 1 heterocycles. The van der Waals surface area contributed by atoms with Gasteiger partial charge in [0.05, 0.1) is 12.1 Å². The van der Waals surface area contributed by atoms with Gasteiger partial charge in [-0.2, -0.15) is 0 Å². The van der Waals surface area contributed by atoms with E-state index in [1.54, 1.807) is 0 Å². The number of aliphatic imine (C=N–C) groups is 1. The van der Waals surface area contributed by atoms with E-state index < -0.39 is 0 Å². The molecule has 0 saturated carbocycles. The summed E-state index contributed by atoms with van der Waals surface area (Å²) in [5.74, 6) is 0.695. The van der Waals surface area contributed by atoms with Crippen molar-refractivity contribution in [3.8, 4) is 0 Å². The van der Waals surface area contributed by atoms with E-state index in [1.165, 1.54) is 11.1 Å². The van der Waals surface area contributed by atoms with Gasteiger partial charge >= 0.3 is 0 Å². The molecule has 2 unspecified atom stereocenters. The van der Waals surface area contributed by atoms with Gasteiger partial charge < -0.3 is 10.6 Å². The van der Waals surface area contributed by atoms with Gasteiger partial charge in [-0.1, -0.05) is 45.0 Å². The average molecular weight is 273 g/mol. The fraction of sp³-hybridized carbons (Fsp3) is 0.588. The molecule has 1 aliphatic rings. The van der Waals surface area contributed by atoms with E-state index in [4.69, 9.17) is 5.73 Å². The number of guanidine groups is 1. The van der Waals surface area contributed by atoms with Crippen molar-refractivity contribution in [2.24, 2.45) is 10.7 Å². The molecule has 2 atom stereocenters. The van der Waals surface area contributed by atoms with Crippen molar-refractivity contribution in [1.82, 2.24) is 4.90 Å². The van der Waals surface area contributed by atoms with Gasteiger partial charge in [0.25, 0.3) is 0 Å². The smallest absolute Gasteiger partial charge is 0.192 e. The maximum atomic E-state index is 6.18. The Labute approximate surface area is 122 Å². The fourth-order valence-corrected chi connectivity index (χ4v) is 3.18. The monoisotopic (exact) mass is 273 g/mol. The van der Waals surface area contributed by atoms with Crippen LogP contribution in [0.5, 0.6) is 0 Å². The second kappa shape index (κ2) is 5.86. The molecular formula is C17H27N3. The highest BCUT2D eigenvalue weighted by molar-refractivity contribution is 5.81. The highest BCUT2D eigenvalue weighted by Gasteiger charge is 2.44. The lowest BCUT2D eigenvalue weighted by atomic mass is 9.84. The van der Waals surface area contributed by atoms with Crippen LogP contribution in [0.2, 0.25) is 0 Å². The number of rotatable bonds is 5. The summed E-state index contributed by atoms with van der Waals surface area (Å²) >= 11 is 0. The Kier molecular flexibility index (Phi) is 4.36. The van der Waals surface area contributed by atoms with Crippen LogP contribution in [0.25, 0.3) is 0 Å². The third kappa shape index (κ3) is 2.30. The fourth-order valence-electron chi connectivity index (χ4n) is 3.18. The van der Waals surface area contributed by atoms with Crippen LogP contribution in [0.1, 0.15) is 51.7 Å². The topological polar surface area (TPSA) is 41.6 Å². The first-order valence-corrected chi connectivity index (χ1v) is 7.77. The molecule has 0 aromatic heterocycles. The molecule has 2 rings (SSSR count). The second-order valence-electron chi connectivity index (χ2n) is 5.74. The SMILES string of the molecule is CCc1ccc(C2(CC)CN=C(N)N2C(C)CC)cc1. The molecule has 1 aromatic rings. The normalized spacial score (nSPS) is 23.8. The van der Waals surface area contributed by atoms with Gasteiger partial charge in [0, 0.05) is 6.04 Å². The Balaban J connectivity index is 2.41. The Bertz CT molecular complexity index is 478. The molecule has 0 saturated heterocycles. The highest BCUT2D eigenvalue weighted by atomic mass is 15.4. The molecule has 0 radical (unpaired) electrons. The summed E-state index contributed by atoms with van der Waals surface area (Å²) in [5, 5.41) is 0. The molecule has 1 aliphatic heterocycles. The summed E-state index contributed by atoms with van der Waals surface area (Å²) in [7, 11) is 0. The lowest BCUT2D eigenvalue weighted by molar-refractivity contribution is 0.146. The van der Waals surface area contributed by atoms with Crippen molar-refractivity contribution in [1.29, 1.82) is 0 Å². The van der Waals surface area contributed by atoms with Crippen molar-refractivity contribution in [2.75, 3.05) is 6.54 Å². The maximum absolute atomic E-state index is 6.18. The van der Waals surface area contributed by atoms with Gasteiger partial charge in [-0.25, -0.2) is 0 Å². The first-order chi connectivity index (χ1) is 9.58. The van der Waals surface area contributed by atoms with E-state index in [-0.39, 0.29) is 5.54 Å². The van der Waals surface area contributed by atoms with Crippen molar-refractivity contribution in [3.05, 3.63) is 35.4 Å².